The molecule has 0 spiro atoms. The maximum absolute atomic E-state index is 13.5. The van der Waals surface area contributed by atoms with Crippen LogP contribution in [0.15, 0.2) is 33.9 Å². The molecule has 3 aromatic rings. The lowest BCUT2D eigenvalue weighted by Gasteiger charge is -2.26. The summed E-state index contributed by atoms with van der Waals surface area (Å²) in [5.41, 5.74) is 1.27. The first-order valence-electron chi connectivity index (χ1n) is 9.25. The molecule has 0 saturated carbocycles. The molecule has 5 heterocycles. The highest BCUT2D eigenvalue weighted by Gasteiger charge is 2.47. The molecule has 3 aromatic heterocycles. The molecule has 146 valence electrons. The second kappa shape index (κ2) is 6.21. The Morgan fingerprint density at radius 1 is 1.18 bits per heavy atom. The zero-order valence-electron chi connectivity index (χ0n) is 15.6. The van der Waals surface area contributed by atoms with Gasteiger partial charge in [0.05, 0.1) is 0 Å². The molecule has 2 aliphatic rings. The van der Waals surface area contributed by atoms with Gasteiger partial charge in [0.2, 0.25) is 10.0 Å². The van der Waals surface area contributed by atoms with Crippen LogP contribution in [0.4, 0.5) is 0 Å². The third kappa shape index (κ3) is 2.51. The second-order valence-electron chi connectivity index (χ2n) is 7.37. The number of hydrogen-bond acceptors (Lipinski definition) is 7. The smallest absolute Gasteiger partial charge is 0.249 e. The van der Waals surface area contributed by atoms with E-state index in [2.05, 4.69) is 20.3 Å². The summed E-state index contributed by atoms with van der Waals surface area (Å²) in [4.78, 5) is 4.35. The van der Waals surface area contributed by atoms with Gasteiger partial charge in [-0.2, -0.15) is 4.31 Å². The average molecular weight is 400 g/mol. The number of rotatable bonds is 3. The van der Waals surface area contributed by atoms with E-state index in [4.69, 9.17) is 4.52 Å². The molecular formula is C18H20N6O3S. The number of fused-ring (bicyclic) bond motifs is 3. The lowest BCUT2D eigenvalue weighted by molar-refractivity contribution is 0.315. The van der Waals surface area contributed by atoms with E-state index in [-0.39, 0.29) is 17.0 Å². The van der Waals surface area contributed by atoms with Crippen molar-refractivity contribution >= 4 is 10.0 Å². The van der Waals surface area contributed by atoms with Crippen molar-refractivity contribution < 1.29 is 12.9 Å². The van der Waals surface area contributed by atoms with Crippen molar-refractivity contribution in [2.24, 2.45) is 0 Å². The molecule has 0 unspecified atom stereocenters. The van der Waals surface area contributed by atoms with Crippen molar-refractivity contribution in [3.8, 4) is 11.4 Å². The minimum Gasteiger partial charge on any atom is -0.360 e. The van der Waals surface area contributed by atoms with Gasteiger partial charge in [-0.1, -0.05) is 5.16 Å². The van der Waals surface area contributed by atoms with Crippen LogP contribution in [0.5, 0.6) is 0 Å². The van der Waals surface area contributed by atoms with Crippen molar-refractivity contribution in [1.29, 1.82) is 0 Å². The van der Waals surface area contributed by atoms with E-state index in [1.807, 2.05) is 16.7 Å². The summed E-state index contributed by atoms with van der Waals surface area (Å²) < 4.78 is 35.8. The van der Waals surface area contributed by atoms with E-state index < -0.39 is 10.0 Å². The zero-order valence-corrected chi connectivity index (χ0v) is 16.4. The number of sulfonamides is 1. The molecule has 0 aromatic carbocycles. The first-order valence-corrected chi connectivity index (χ1v) is 10.7. The number of nitrogens with zero attached hydrogens (tertiary/aromatic N) is 6. The van der Waals surface area contributed by atoms with Crippen LogP contribution in [0.1, 0.15) is 30.1 Å². The Kier molecular flexibility index (Phi) is 3.88. The fourth-order valence-corrected chi connectivity index (χ4v) is 6.61. The lowest BCUT2D eigenvalue weighted by atomic mass is 10.1. The van der Waals surface area contributed by atoms with E-state index in [9.17, 15) is 8.42 Å². The topological polar surface area (TPSA) is 107 Å². The molecule has 0 N–H and O–H groups in total. The molecular weight excluding hydrogens is 380 g/mol. The van der Waals surface area contributed by atoms with Gasteiger partial charge in [-0.3, -0.25) is 4.98 Å². The van der Waals surface area contributed by atoms with Gasteiger partial charge >= 0.3 is 0 Å². The van der Waals surface area contributed by atoms with Gasteiger partial charge in [-0.25, -0.2) is 8.42 Å². The van der Waals surface area contributed by atoms with Crippen LogP contribution >= 0.6 is 0 Å². The van der Waals surface area contributed by atoms with Crippen molar-refractivity contribution in [2.75, 3.05) is 0 Å². The average Bonchev–Trinajstić information content (AvgIpc) is 3.31. The first-order chi connectivity index (χ1) is 13.5. The van der Waals surface area contributed by atoms with Crippen LogP contribution in [0.2, 0.25) is 0 Å². The third-order valence-corrected chi connectivity index (χ3v) is 7.87. The molecule has 10 heteroatoms. The van der Waals surface area contributed by atoms with Crippen molar-refractivity contribution in [3.05, 3.63) is 41.8 Å². The SMILES string of the molecule is Cc1noc(C)c1S(=O)(=O)N1[C@@H]2CC[C@H]1Cc1nnc(-c3cccnc3)n1C2. The summed E-state index contributed by atoms with van der Waals surface area (Å²) in [7, 11) is -3.71. The molecule has 5 rings (SSSR count). The molecule has 1 fully saturated rings. The highest BCUT2D eigenvalue weighted by Crippen LogP contribution is 2.38. The first kappa shape index (κ1) is 17.5. The Hall–Kier alpha value is -2.59. The van der Waals surface area contributed by atoms with Gasteiger partial charge in [0.25, 0.3) is 0 Å². The fourth-order valence-electron chi connectivity index (χ4n) is 4.45. The van der Waals surface area contributed by atoms with Gasteiger partial charge < -0.3 is 9.09 Å². The molecule has 9 nitrogen and oxygen atoms in total. The van der Waals surface area contributed by atoms with Crippen LogP contribution < -0.4 is 0 Å². The maximum atomic E-state index is 13.5. The Balaban J connectivity index is 1.56. The van der Waals surface area contributed by atoms with Gasteiger partial charge in [-0.05, 0) is 38.8 Å². The summed E-state index contributed by atoms with van der Waals surface area (Å²) in [5.74, 6) is 1.87. The quantitative estimate of drug-likeness (QED) is 0.659. The summed E-state index contributed by atoms with van der Waals surface area (Å²) in [6, 6.07) is 3.49. The van der Waals surface area contributed by atoms with E-state index in [0.717, 1.165) is 30.1 Å². The normalized spacial score (nSPS) is 22.2. The van der Waals surface area contributed by atoms with Crippen molar-refractivity contribution in [2.45, 2.75) is 56.6 Å². The molecule has 0 amide bonds. The molecule has 0 radical (unpaired) electrons. The molecule has 1 saturated heterocycles. The predicted molar refractivity (Wildman–Crippen MR) is 98.8 cm³/mol. The number of aryl methyl sites for hydroxylation is 2. The Labute approximate surface area is 162 Å². The van der Waals surface area contributed by atoms with E-state index in [1.54, 1.807) is 30.5 Å². The van der Waals surface area contributed by atoms with Crippen LogP contribution in [0.3, 0.4) is 0 Å². The zero-order chi connectivity index (χ0) is 19.5. The number of hydrogen-bond donors (Lipinski definition) is 0. The minimum atomic E-state index is -3.71. The Bertz CT molecular complexity index is 1120. The summed E-state index contributed by atoms with van der Waals surface area (Å²) in [6.45, 7) is 3.83. The summed E-state index contributed by atoms with van der Waals surface area (Å²) in [6.07, 6.45) is 5.61. The van der Waals surface area contributed by atoms with Gasteiger partial charge in [0.15, 0.2) is 11.6 Å². The van der Waals surface area contributed by atoms with Crippen molar-refractivity contribution in [1.82, 2.24) is 29.2 Å². The largest absolute Gasteiger partial charge is 0.360 e. The van der Waals surface area contributed by atoms with E-state index in [1.165, 1.54) is 0 Å². The van der Waals surface area contributed by atoms with Crippen LogP contribution in [-0.4, -0.2) is 49.7 Å². The Morgan fingerprint density at radius 3 is 2.71 bits per heavy atom. The highest BCUT2D eigenvalue weighted by molar-refractivity contribution is 7.89. The van der Waals surface area contributed by atoms with E-state index >= 15 is 0 Å². The van der Waals surface area contributed by atoms with Gasteiger partial charge in [-0.15, -0.1) is 10.2 Å². The minimum absolute atomic E-state index is 0.143. The molecule has 2 atom stereocenters. The standard InChI is InChI=1S/C18H20N6O3S/c1-11-17(12(2)27-22-11)28(25,26)24-14-5-6-15(24)10-23-16(8-14)20-21-18(23)13-4-3-7-19-9-13/h3-4,7,9,14-15H,5-6,8,10H2,1-2H3/t14-,15+/m0/s1. The molecule has 28 heavy (non-hydrogen) atoms. The Morgan fingerprint density at radius 2 is 2.00 bits per heavy atom. The van der Waals surface area contributed by atoms with Crippen LogP contribution in [0.25, 0.3) is 11.4 Å². The van der Waals surface area contributed by atoms with Crippen LogP contribution in [0, 0.1) is 13.8 Å². The highest BCUT2D eigenvalue weighted by atomic mass is 32.2. The molecule has 0 aliphatic carbocycles. The maximum Gasteiger partial charge on any atom is 0.249 e. The lowest BCUT2D eigenvalue weighted by Crippen LogP contribution is -2.42. The van der Waals surface area contributed by atoms with Crippen LogP contribution in [-0.2, 0) is 23.0 Å². The van der Waals surface area contributed by atoms with E-state index in [0.29, 0.717) is 24.4 Å². The van der Waals surface area contributed by atoms with Gasteiger partial charge in [0, 0.05) is 43.0 Å². The molecule has 2 aliphatic heterocycles. The summed E-state index contributed by atoms with van der Waals surface area (Å²) in [5, 5.41) is 12.5. The summed E-state index contributed by atoms with van der Waals surface area (Å²) >= 11 is 0. The molecule has 2 bridgehead atoms. The second-order valence-corrected chi connectivity index (χ2v) is 9.15. The van der Waals surface area contributed by atoms with Gasteiger partial charge in [0.1, 0.15) is 16.4 Å². The monoisotopic (exact) mass is 400 g/mol. The fraction of sp³-hybridized carbons (Fsp3) is 0.444. The number of pyridine rings is 1. The number of aromatic nitrogens is 5. The van der Waals surface area contributed by atoms with Crippen molar-refractivity contribution in [3.63, 3.8) is 0 Å². The third-order valence-electron chi connectivity index (χ3n) is 5.61. The predicted octanol–water partition coefficient (Wildman–Crippen LogP) is 1.72.